The summed E-state index contributed by atoms with van der Waals surface area (Å²) < 4.78 is 65.8. The Hall–Kier alpha value is -0.300. The highest BCUT2D eigenvalue weighted by Crippen LogP contribution is 2.16. The second-order valence-corrected chi connectivity index (χ2v) is 8.28. The van der Waals surface area contributed by atoms with Crippen molar-refractivity contribution in [1.82, 2.24) is 0 Å². The molecule has 168 valence electrons. The molecule has 0 aliphatic carbocycles. The summed E-state index contributed by atoms with van der Waals surface area (Å²) in [5.41, 5.74) is 0. The Morgan fingerprint density at radius 1 is 0.630 bits per heavy atom. The molecule has 0 unspecified atom stereocenters. The van der Waals surface area contributed by atoms with Crippen LogP contribution < -0.4 is 0 Å². The third-order valence-electron chi connectivity index (χ3n) is 3.94. The van der Waals surface area contributed by atoms with Crippen molar-refractivity contribution in [3.05, 3.63) is 0 Å². The molecule has 27 heavy (non-hydrogen) atoms. The first-order valence-corrected chi connectivity index (χ1v) is 12.2. The van der Waals surface area contributed by atoms with Crippen molar-refractivity contribution in [3.63, 3.8) is 0 Å². The van der Waals surface area contributed by atoms with Crippen LogP contribution in [0.15, 0.2) is 0 Å². The number of nitrogens with zero attached hydrogens (tertiary/aromatic N) is 1. The molecule has 0 aliphatic rings. The van der Waals surface area contributed by atoms with Crippen LogP contribution in [0.5, 0.6) is 0 Å². The lowest BCUT2D eigenvalue weighted by atomic mass is 10.1. The molecule has 11 heteroatoms. The summed E-state index contributed by atoms with van der Waals surface area (Å²) in [5.74, 6) is 0. The van der Waals surface area contributed by atoms with Gasteiger partial charge in [0, 0.05) is 0 Å². The van der Waals surface area contributed by atoms with Crippen molar-refractivity contribution in [3.8, 4) is 0 Å². The average Bonchev–Trinajstić information content (AvgIpc) is 2.50. The molecule has 0 fully saturated rings. The first-order chi connectivity index (χ1) is 12.2. The van der Waals surface area contributed by atoms with E-state index in [9.17, 15) is 0 Å². The molecule has 0 bridgehead atoms. The fourth-order valence-corrected chi connectivity index (χ4v) is 2.64. The van der Waals surface area contributed by atoms with Gasteiger partial charge in [0.2, 0.25) is 10.4 Å². The van der Waals surface area contributed by atoms with Gasteiger partial charge in [0.15, 0.2) is 0 Å². The minimum Gasteiger partial charge on any atom is -0.726 e. The SMILES string of the molecule is CCCC[N+](CCCC)(CCCC)CCCC.O=S(=O)(O)O.O=S(=O)([O-])O. The molecule has 0 rings (SSSR count). The molecule has 0 saturated carbocycles. The molecule has 0 aromatic carbocycles. The van der Waals surface area contributed by atoms with E-state index < -0.39 is 20.8 Å². The van der Waals surface area contributed by atoms with Gasteiger partial charge >= 0.3 is 10.4 Å². The summed E-state index contributed by atoms with van der Waals surface area (Å²) in [6, 6.07) is 0. The molecule has 0 saturated heterocycles. The number of hydrogen-bond donors (Lipinski definition) is 3. The Morgan fingerprint density at radius 2 is 0.778 bits per heavy atom. The topological polar surface area (TPSA) is 152 Å². The van der Waals surface area contributed by atoms with Gasteiger partial charge < -0.3 is 9.04 Å². The van der Waals surface area contributed by atoms with E-state index in [4.69, 9.17) is 35.0 Å². The summed E-state index contributed by atoms with van der Waals surface area (Å²) in [6.07, 6.45) is 11.1. The lowest BCUT2D eigenvalue weighted by molar-refractivity contribution is -0.929. The zero-order chi connectivity index (χ0) is 22.0. The average molecular weight is 438 g/mol. The maximum Gasteiger partial charge on any atom is 0.394 e. The first kappa shape index (κ1) is 31.4. The highest BCUT2D eigenvalue weighted by atomic mass is 32.3. The zero-order valence-electron chi connectivity index (χ0n) is 17.1. The van der Waals surface area contributed by atoms with E-state index in [0.717, 1.165) is 0 Å². The summed E-state index contributed by atoms with van der Waals surface area (Å²) in [7, 11) is -9.58. The standard InChI is InChI=1S/C16H36N.2H2O4S/c1-5-9-13-17(14-10-6-2,15-11-7-3)16-12-8-4;2*1-5(2,3)4/h5-16H2,1-4H3;2*(H2,1,2,3,4)/q+1;;/p-1. The van der Waals surface area contributed by atoms with E-state index in [1.165, 1.54) is 82.0 Å². The Bertz CT molecular complexity index is 437. The van der Waals surface area contributed by atoms with Crippen LogP contribution in [0, 0.1) is 0 Å². The van der Waals surface area contributed by atoms with Crippen molar-refractivity contribution in [2.75, 3.05) is 26.2 Å². The number of hydrogen-bond acceptors (Lipinski definition) is 5. The number of unbranched alkanes of at least 4 members (excludes halogenated alkanes) is 4. The summed E-state index contributed by atoms with van der Waals surface area (Å²) in [6.45, 7) is 15.0. The van der Waals surface area contributed by atoms with Crippen LogP contribution in [0.4, 0.5) is 0 Å². The molecular formula is C16H39NO8S2. The van der Waals surface area contributed by atoms with Crippen molar-refractivity contribution < 1.29 is 39.5 Å². The van der Waals surface area contributed by atoms with Crippen molar-refractivity contribution >= 4 is 20.8 Å². The predicted octanol–water partition coefficient (Wildman–Crippen LogP) is 3.36. The van der Waals surface area contributed by atoms with Gasteiger partial charge in [0.1, 0.15) is 0 Å². The van der Waals surface area contributed by atoms with Gasteiger partial charge in [-0.2, -0.15) is 8.42 Å². The quantitative estimate of drug-likeness (QED) is 0.239. The lowest BCUT2D eigenvalue weighted by Gasteiger charge is -2.39. The fourth-order valence-electron chi connectivity index (χ4n) is 2.64. The highest BCUT2D eigenvalue weighted by molar-refractivity contribution is 7.80. The van der Waals surface area contributed by atoms with Gasteiger partial charge in [-0.3, -0.25) is 13.7 Å². The van der Waals surface area contributed by atoms with E-state index in [0.29, 0.717) is 0 Å². The van der Waals surface area contributed by atoms with Crippen LogP contribution >= 0.6 is 0 Å². The van der Waals surface area contributed by atoms with Gasteiger partial charge in [-0.05, 0) is 25.7 Å². The third-order valence-corrected chi connectivity index (χ3v) is 3.94. The van der Waals surface area contributed by atoms with E-state index in [2.05, 4.69) is 27.7 Å². The Labute approximate surface area is 165 Å². The fraction of sp³-hybridized carbons (Fsp3) is 1.00. The van der Waals surface area contributed by atoms with Crippen LogP contribution in [0.1, 0.15) is 79.1 Å². The smallest absolute Gasteiger partial charge is 0.394 e. The summed E-state index contributed by atoms with van der Waals surface area (Å²) in [4.78, 5) is 0. The van der Waals surface area contributed by atoms with E-state index in [-0.39, 0.29) is 0 Å². The minimum absolute atomic E-state index is 1.35. The van der Waals surface area contributed by atoms with Gasteiger partial charge in [0.05, 0.1) is 26.2 Å². The van der Waals surface area contributed by atoms with Crippen LogP contribution in [0.2, 0.25) is 0 Å². The molecule has 9 nitrogen and oxygen atoms in total. The van der Waals surface area contributed by atoms with Crippen LogP contribution in [0.25, 0.3) is 0 Å². The zero-order valence-corrected chi connectivity index (χ0v) is 18.8. The van der Waals surface area contributed by atoms with Crippen LogP contribution in [0.3, 0.4) is 0 Å². The number of quaternary nitrogens is 1. The molecule has 0 atom stereocenters. The molecular weight excluding hydrogens is 398 g/mol. The molecule has 3 N–H and O–H groups in total. The molecule has 0 amide bonds. The Morgan fingerprint density at radius 3 is 0.889 bits per heavy atom. The van der Waals surface area contributed by atoms with Crippen molar-refractivity contribution in [2.45, 2.75) is 79.1 Å². The molecule has 0 aromatic heterocycles. The second-order valence-electron chi connectivity index (χ2n) is 6.53. The maximum atomic E-state index is 8.74. The van der Waals surface area contributed by atoms with Crippen LogP contribution in [-0.2, 0) is 20.8 Å². The molecule has 0 heterocycles. The largest absolute Gasteiger partial charge is 0.726 e. The lowest BCUT2D eigenvalue weighted by Crippen LogP contribution is -2.50. The predicted molar refractivity (Wildman–Crippen MR) is 106 cm³/mol. The van der Waals surface area contributed by atoms with Crippen LogP contribution in [-0.4, -0.2) is 65.7 Å². The first-order valence-electron chi connectivity index (χ1n) is 9.47. The third kappa shape index (κ3) is 37.2. The second kappa shape index (κ2) is 17.8. The molecule has 0 aliphatic heterocycles. The normalized spacial score (nSPS) is 11.9. The minimum atomic E-state index is -4.92. The van der Waals surface area contributed by atoms with Crippen molar-refractivity contribution in [2.24, 2.45) is 0 Å². The van der Waals surface area contributed by atoms with Gasteiger partial charge in [-0.25, -0.2) is 8.42 Å². The molecule has 0 spiro atoms. The summed E-state index contributed by atoms with van der Waals surface area (Å²) >= 11 is 0. The Balaban J connectivity index is -0.000000471. The molecule has 0 radical (unpaired) electrons. The van der Waals surface area contributed by atoms with Gasteiger partial charge in [-0.15, -0.1) is 0 Å². The van der Waals surface area contributed by atoms with Gasteiger partial charge in [-0.1, -0.05) is 53.4 Å². The maximum absolute atomic E-state index is 8.74. The van der Waals surface area contributed by atoms with E-state index in [1.54, 1.807) is 0 Å². The number of rotatable bonds is 12. The monoisotopic (exact) mass is 437 g/mol. The molecule has 0 aromatic rings. The summed E-state index contributed by atoms with van der Waals surface area (Å²) in [5, 5.41) is 0. The van der Waals surface area contributed by atoms with E-state index >= 15 is 0 Å². The van der Waals surface area contributed by atoms with E-state index in [1.807, 2.05) is 0 Å². The highest BCUT2D eigenvalue weighted by Gasteiger charge is 2.24. The van der Waals surface area contributed by atoms with Gasteiger partial charge in [0.25, 0.3) is 0 Å². The Kier molecular flexibility index (Phi) is 20.7. The van der Waals surface area contributed by atoms with Crippen molar-refractivity contribution in [1.29, 1.82) is 0 Å².